The zero-order chi connectivity index (χ0) is 8.82. The predicted octanol–water partition coefficient (Wildman–Crippen LogP) is 0.676. The van der Waals surface area contributed by atoms with E-state index in [9.17, 15) is 8.78 Å². The van der Waals surface area contributed by atoms with Crippen LogP contribution in [0.4, 0.5) is 8.78 Å². The van der Waals surface area contributed by atoms with Crippen molar-refractivity contribution in [2.75, 3.05) is 26.2 Å². The number of likely N-dealkylation sites (tertiary alicyclic amines) is 1. The molecule has 0 aromatic rings. The summed E-state index contributed by atoms with van der Waals surface area (Å²) in [5.74, 6) is -2.68. The second-order valence-electron chi connectivity index (χ2n) is 4.21. The molecular formula is C8H14F2N2. The van der Waals surface area contributed by atoms with Gasteiger partial charge >= 0.3 is 0 Å². The van der Waals surface area contributed by atoms with Gasteiger partial charge in [0.15, 0.2) is 0 Å². The summed E-state index contributed by atoms with van der Waals surface area (Å²) >= 11 is 0. The van der Waals surface area contributed by atoms with Gasteiger partial charge in [0.2, 0.25) is 0 Å². The SMILES string of the molecule is NCC(F)(F)CN1CC2(CC2)C1. The molecule has 0 aromatic carbocycles. The van der Waals surface area contributed by atoms with E-state index >= 15 is 0 Å². The molecule has 2 aliphatic rings. The molecule has 1 spiro atoms. The van der Waals surface area contributed by atoms with Gasteiger partial charge in [-0.25, -0.2) is 8.78 Å². The molecule has 2 N–H and O–H groups in total. The molecule has 12 heavy (non-hydrogen) atoms. The molecule has 0 amide bonds. The Kier molecular flexibility index (Phi) is 1.67. The summed E-state index contributed by atoms with van der Waals surface area (Å²) in [7, 11) is 0. The van der Waals surface area contributed by atoms with Gasteiger partial charge in [-0.15, -0.1) is 0 Å². The fraction of sp³-hybridized carbons (Fsp3) is 1.00. The van der Waals surface area contributed by atoms with E-state index in [1.54, 1.807) is 4.90 Å². The van der Waals surface area contributed by atoms with Gasteiger partial charge in [0, 0.05) is 13.1 Å². The lowest BCUT2D eigenvalue weighted by Gasteiger charge is -2.41. The van der Waals surface area contributed by atoms with Crippen molar-refractivity contribution in [1.29, 1.82) is 0 Å². The fourth-order valence-corrected chi connectivity index (χ4v) is 1.90. The number of hydrogen-bond acceptors (Lipinski definition) is 2. The summed E-state index contributed by atoms with van der Waals surface area (Å²) in [4.78, 5) is 1.81. The summed E-state index contributed by atoms with van der Waals surface area (Å²) in [5, 5.41) is 0. The van der Waals surface area contributed by atoms with Crippen molar-refractivity contribution in [3.63, 3.8) is 0 Å². The number of nitrogens with zero attached hydrogens (tertiary/aromatic N) is 1. The van der Waals surface area contributed by atoms with E-state index in [0.717, 1.165) is 13.1 Å². The highest BCUT2D eigenvalue weighted by Crippen LogP contribution is 2.53. The summed E-state index contributed by atoms with van der Waals surface area (Å²) in [6.45, 7) is 1.05. The highest BCUT2D eigenvalue weighted by Gasteiger charge is 2.53. The fourth-order valence-electron chi connectivity index (χ4n) is 1.90. The minimum Gasteiger partial charge on any atom is -0.325 e. The van der Waals surface area contributed by atoms with E-state index in [1.165, 1.54) is 12.8 Å². The van der Waals surface area contributed by atoms with Crippen molar-refractivity contribution in [1.82, 2.24) is 4.90 Å². The maximum absolute atomic E-state index is 12.7. The van der Waals surface area contributed by atoms with E-state index in [4.69, 9.17) is 5.73 Å². The Bertz CT molecular complexity index is 181. The zero-order valence-corrected chi connectivity index (χ0v) is 7.02. The Morgan fingerprint density at radius 2 is 1.92 bits per heavy atom. The molecule has 4 heteroatoms. The third-order valence-corrected chi connectivity index (χ3v) is 2.83. The van der Waals surface area contributed by atoms with E-state index < -0.39 is 12.5 Å². The lowest BCUT2D eigenvalue weighted by atomic mass is 9.96. The molecule has 70 valence electrons. The van der Waals surface area contributed by atoms with Crippen LogP contribution in [0.5, 0.6) is 0 Å². The number of halogens is 2. The van der Waals surface area contributed by atoms with Crippen LogP contribution in [-0.4, -0.2) is 37.0 Å². The van der Waals surface area contributed by atoms with Crippen LogP contribution in [0, 0.1) is 5.41 Å². The van der Waals surface area contributed by atoms with E-state index in [0.29, 0.717) is 5.41 Å². The molecule has 0 unspecified atom stereocenters. The normalized spacial score (nSPS) is 27.2. The van der Waals surface area contributed by atoms with Crippen molar-refractivity contribution < 1.29 is 8.78 Å². The van der Waals surface area contributed by atoms with Crippen molar-refractivity contribution in [3.8, 4) is 0 Å². The molecule has 0 bridgehead atoms. The summed E-state index contributed by atoms with van der Waals surface area (Å²) < 4.78 is 25.5. The number of nitrogens with two attached hydrogens (primary N) is 1. The maximum Gasteiger partial charge on any atom is 0.272 e. The molecule has 1 heterocycles. The Morgan fingerprint density at radius 3 is 2.33 bits per heavy atom. The van der Waals surface area contributed by atoms with Crippen LogP contribution in [0.3, 0.4) is 0 Å². The quantitative estimate of drug-likeness (QED) is 0.685. The lowest BCUT2D eigenvalue weighted by Crippen LogP contribution is -2.54. The van der Waals surface area contributed by atoms with Crippen LogP contribution in [0.15, 0.2) is 0 Å². The van der Waals surface area contributed by atoms with Gasteiger partial charge in [-0.1, -0.05) is 0 Å². The minimum absolute atomic E-state index is 0.148. The van der Waals surface area contributed by atoms with Crippen LogP contribution in [-0.2, 0) is 0 Å². The molecule has 2 nitrogen and oxygen atoms in total. The molecule has 1 aliphatic heterocycles. The standard InChI is InChI=1S/C8H14F2N2/c9-8(10,3-11)6-12-4-7(5-12)1-2-7/h1-6,11H2. The molecule has 0 radical (unpaired) electrons. The van der Waals surface area contributed by atoms with E-state index in [2.05, 4.69) is 0 Å². The van der Waals surface area contributed by atoms with Gasteiger partial charge in [0.05, 0.1) is 13.1 Å². The van der Waals surface area contributed by atoms with Crippen molar-refractivity contribution in [2.45, 2.75) is 18.8 Å². The molecular weight excluding hydrogens is 162 g/mol. The molecule has 1 aliphatic carbocycles. The summed E-state index contributed by atoms with van der Waals surface area (Å²) in [6, 6.07) is 0. The van der Waals surface area contributed by atoms with Crippen molar-refractivity contribution >= 4 is 0 Å². The molecule has 1 saturated heterocycles. The van der Waals surface area contributed by atoms with Crippen molar-refractivity contribution in [3.05, 3.63) is 0 Å². The Labute approximate surface area is 70.7 Å². The monoisotopic (exact) mass is 176 g/mol. The Balaban J connectivity index is 1.75. The van der Waals surface area contributed by atoms with Gasteiger partial charge in [0.1, 0.15) is 0 Å². The lowest BCUT2D eigenvalue weighted by molar-refractivity contribution is -0.0581. The van der Waals surface area contributed by atoms with Gasteiger partial charge < -0.3 is 5.73 Å². The Hall–Kier alpha value is -0.220. The second-order valence-corrected chi connectivity index (χ2v) is 4.21. The third kappa shape index (κ3) is 1.45. The molecule has 2 fully saturated rings. The largest absolute Gasteiger partial charge is 0.325 e. The van der Waals surface area contributed by atoms with Crippen LogP contribution in [0.1, 0.15) is 12.8 Å². The van der Waals surface area contributed by atoms with Gasteiger partial charge in [-0.3, -0.25) is 4.90 Å². The molecule has 1 saturated carbocycles. The first kappa shape index (κ1) is 8.38. The predicted molar refractivity (Wildman–Crippen MR) is 42.1 cm³/mol. The average Bonchev–Trinajstić information content (AvgIpc) is 2.66. The zero-order valence-electron chi connectivity index (χ0n) is 7.02. The summed E-state index contributed by atoms with van der Waals surface area (Å²) in [6.07, 6.45) is 2.47. The molecule has 2 rings (SSSR count). The number of hydrogen-bond donors (Lipinski definition) is 1. The third-order valence-electron chi connectivity index (χ3n) is 2.83. The van der Waals surface area contributed by atoms with E-state index in [-0.39, 0.29) is 6.54 Å². The van der Waals surface area contributed by atoms with Crippen LogP contribution < -0.4 is 5.73 Å². The first-order valence-electron chi connectivity index (χ1n) is 4.36. The molecule has 0 aromatic heterocycles. The van der Waals surface area contributed by atoms with E-state index in [1.807, 2.05) is 0 Å². The Morgan fingerprint density at radius 1 is 1.33 bits per heavy atom. The van der Waals surface area contributed by atoms with Crippen LogP contribution in [0.25, 0.3) is 0 Å². The second kappa shape index (κ2) is 2.39. The topological polar surface area (TPSA) is 29.3 Å². The first-order chi connectivity index (χ1) is 5.55. The number of alkyl halides is 2. The average molecular weight is 176 g/mol. The van der Waals surface area contributed by atoms with Gasteiger partial charge in [-0.2, -0.15) is 0 Å². The van der Waals surface area contributed by atoms with Crippen LogP contribution in [0.2, 0.25) is 0 Å². The number of rotatable bonds is 3. The minimum atomic E-state index is -2.68. The van der Waals surface area contributed by atoms with Crippen molar-refractivity contribution in [2.24, 2.45) is 11.1 Å². The highest BCUT2D eigenvalue weighted by molar-refractivity contribution is 5.05. The first-order valence-corrected chi connectivity index (χ1v) is 4.36. The van der Waals surface area contributed by atoms with Crippen LogP contribution >= 0.6 is 0 Å². The maximum atomic E-state index is 12.7. The van der Waals surface area contributed by atoms with Gasteiger partial charge in [-0.05, 0) is 18.3 Å². The van der Waals surface area contributed by atoms with Gasteiger partial charge in [0.25, 0.3) is 5.92 Å². The molecule has 0 atom stereocenters. The summed E-state index contributed by atoms with van der Waals surface area (Å²) in [5.41, 5.74) is 5.40. The smallest absolute Gasteiger partial charge is 0.272 e. The highest BCUT2D eigenvalue weighted by atomic mass is 19.3.